The Morgan fingerprint density at radius 1 is 1.56 bits per heavy atom. The van der Waals surface area contributed by atoms with Crippen molar-refractivity contribution in [2.75, 3.05) is 6.54 Å². The van der Waals surface area contributed by atoms with Crippen LogP contribution in [0.1, 0.15) is 6.42 Å². The van der Waals surface area contributed by atoms with Crippen molar-refractivity contribution in [3.8, 4) is 0 Å². The fraction of sp³-hybridized carbons (Fsp3) is 0.800. The molecule has 1 saturated heterocycles. The summed E-state index contributed by atoms with van der Waals surface area (Å²) in [6.07, 6.45) is -3.58. The zero-order valence-corrected chi connectivity index (χ0v) is 4.73. The highest BCUT2D eigenvalue weighted by Gasteiger charge is 2.27. The van der Waals surface area contributed by atoms with Gasteiger partial charge in [-0.25, -0.2) is 8.78 Å². The van der Waals surface area contributed by atoms with Crippen LogP contribution < -0.4 is 5.32 Å². The van der Waals surface area contributed by atoms with E-state index >= 15 is 0 Å². The molecule has 1 fully saturated rings. The van der Waals surface area contributed by atoms with Gasteiger partial charge in [0.25, 0.3) is 0 Å². The SMILES string of the molecule is O=C1CNC(F)C(F)C1. The van der Waals surface area contributed by atoms with Crippen LogP contribution in [0.2, 0.25) is 0 Å². The summed E-state index contributed by atoms with van der Waals surface area (Å²) in [5.41, 5.74) is 0. The fourth-order valence-electron chi connectivity index (χ4n) is 0.732. The molecular weight excluding hydrogens is 128 g/mol. The van der Waals surface area contributed by atoms with Gasteiger partial charge in [-0.15, -0.1) is 0 Å². The fourth-order valence-corrected chi connectivity index (χ4v) is 0.732. The van der Waals surface area contributed by atoms with Gasteiger partial charge in [0.15, 0.2) is 12.5 Å². The zero-order valence-electron chi connectivity index (χ0n) is 4.73. The third-order valence-corrected chi connectivity index (χ3v) is 1.23. The first kappa shape index (κ1) is 6.61. The molecule has 1 aliphatic rings. The molecule has 2 unspecified atom stereocenters. The Balaban J connectivity index is 2.44. The van der Waals surface area contributed by atoms with E-state index in [1.165, 1.54) is 0 Å². The molecule has 0 saturated carbocycles. The second-order valence-electron chi connectivity index (χ2n) is 2.04. The maximum Gasteiger partial charge on any atom is 0.183 e. The maximum absolute atomic E-state index is 12.2. The smallest absolute Gasteiger partial charge is 0.183 e. The lowest BCUT2D eigenvalue weighted by Crippen LogP contribution is -2.44. The quantitative estimate of drug-likeness (QED) is 0.480. The molecule has 1 rings (SSSR count). The van der Waals surface area contributed by atoms with Crippen LogP contribution in [-0.4, -0.2) is 24.8 Å². The zero-order chi connectivity index (χ0) is 6.85. The lowest BCUT2D eigenvalue weighted by molar-refractivity contribution is -0.123. The highest BCUT2D eigenvalue weighted by molar-refractivity contribution is 5.81. The molecule has 52 valence electrons. The van der Waals surface area contributed by atoms with Crippen LogP contribution in [0.15, 0.2) is 0 Å². The Labute approximate surface area is 51.2 Å². The molecule has 0 radical (unpaired) electrons. The van der Waals surface area contributed by atoms with Gasteiger partial charge in [0, 0.05) is 6.42 Å². The Morgan fingerprint density at radius 3 is 2.67 bits per heavy atom. The average Bonchev–Trinajstić information content (AvgIpc) is 1.80. The lowest BCUT2D eigenvalue weighted by atomic mass is 10.1. The molecule has 4 heteroatoms. The molecule has 0 aromatic rings. The molecule has 1 aliphatic heterocycles. The van der Waals surface area contributed by atoms with Gasteiger partial charge >= 0.3 is 0 Å². The molecule has 0 aromatic carbocycles. The number of carbonyl (C=O) groups is 1. The summed E-state index contributed by atoms with van der Waals surface area (Å²) in [4.78, 5) is 10.3. The van der Waals surface area contributed by atoms with Crippen molar-refractivity contribution in [3.63, 3.8) is 0 Å². The van der Waals surface area contributed by atoms with Crippen molar-refractivity contribution in [3.05, 3.63) is 0 Å². The molecule has 9 heavy (non-hydrogen) atoms. The van der Waals surface area contributed by atoms with E-state index in [-0.39, 0.29) is 18.7 Å². The van der Waals surface area contributed by atoms with E-state index in [1.807, 2.05) is 0 Å². The molecule has 2 nitrogen and oxygen atoms in total. The predicted octanol–water partition coefficient (Wildman–Crippen LogP) is 0.183. The molecule has 0 aliphatic carbocycles. The monoisotopic (exact) mass is 135 g/mol. The summed E-state index contributed by atoms with van der Waals surface area (Å²) in [6.45, 7) is -0.0401. The van der Waals surface area contributed by atoms with Crippen molar-refractivity contribution in [2.45, 2.75) is 18.9 Å². The average molecular weight is 135 g/mol. The highest BCUT2D eigenvalue weighted by Crippen LogP contribution is 2.10. The van der Waals surface area contributed by atoms with E-state index in [0.29, 0.717) is 0 Å². The third kappa shape index (κ3) is 1.45. The van der Waals surface area contributed by atoms with Gasteiger partial charge in [-0.05, 0) is 0 Å². The number of carbonyl (C=O) groups excluding carboxylic acids is 1. The Bertz CT molecular complexity index is 128. The van der Waals surface area contributed by atoms with Crippen LogP contribution >= 0.6 is 0 Å². The van der Waals surface area contributed by atoms with Crippen LogP contribution in [0.4, 0.5) is 8.78 Å². The molecular formula is C5H7F2NO. The van der Waals surface area contributed by atoms with Crippen LogP contribution in [0, 0.1) is 0 Å². The Hall–Kier alpha value is -0.510. The molecule has 0 aromatic heterocycles. The summed E-state index contributed by atoms with van der Waals surface area (Å²) in [7, 11) is 0. The molecule has 1 heterocycles. The number of alkyl halides is 2. The molecule has 0 spiro atoms. The van der Waals surface area contributed by atoms with E-state index in [9.17, 15) is 13.6 Å². The first-order chi connectivity index (χ1) is 4.20. The number of nitrogens with one attached hydrogen (secondary N) is 1. The van der Waals surface area contributed by atoms with Gasteiger partial charge in [-0.3, -0.25) is 10.1 Å². The summed E-state index contributed by atoms with van der Waals surface area (Å²) in [5, 5.41) is 2.09. The number of Topliss-reactive ketones (excluding diaryl/α,β-unsaturated/α-hetero) is 1. The van der Waals surface area contributed by atoms with Crippen LogP contribution in [-0.2, 0) is 4.79 Å². The van der Waals surface area contributed by atoms with Gasteiger partial charge in [0.05, 0.1) is 6.54 Å². The van der Waals surface area contributed by atoms with E-state index in [1.54, 1.807) is 0 Å². The number of rotatable bonds is 0. The van der Waals surface area contributed by atoms with E-state index < -0.39 is 12.5 Å². The maximum atomic E-state index is 12.2. The molecule has 0 amide bonds. The van der Waals surface area contributed by atoms with Crippen molar-refractivity contribution in [1.29, 1.82) is 0 Å². The van der Waals surface area contributed by atoms with Crippen molar-refractivity contribution < 1.29 is 13.6 Å². The second kappa shape index (κ2) is 2.39. The lowest BCUT2D eigenvalue weighted by Gasteiger charge is -2.18. The highest BCUT2D eigenvalue weighted by atomic mass is 19.2. The number of hydrogen-bond acceptors (Lipinski definition) is 2. The molecule has 0 bridgehead atoms. The summed E-state index contributed by atoms with van der Waals surface area (Å²) in [6, 6.07) is 0. The van der Waals surface area contributed by atoms with Gasteiger partial charge in [0.1, 0.15) is 5.78 Å². The van der Waals surface area contributed by atoms with Crippen molar-refractivity contribution >= 4 is 5.78 Å². The topological polar surface area (TPSA) is 29.1 Å². The van der Waals surface area contributed by atoms with Gasteiger partial charge < -0.3 is 0 Å². The van der Waals surface area contributed by atoms with E-state index in [4.69, 9.17) is 0 Å². The number of piperidine rings is 1. The Kier molecular flexibility index (Phi) is 1.75. The Morgan fingerprint density at radius 2 is 2.22 bits per heavy atom. The van der Waals surface area contributed by atoms with Crippen LogP contribution in [0.3, 0.4) is 0 Å². The standard InChI is InChI=1S/C5H7F2NO/c6-4-1-3(9)2-8-5(4)7/h4-5,8H,1-2H2. The summed E-state index contributed by atoms with van der Waals surface area (Å²) >= 11 is 0. The van der Waals surface area contributed by atoms with Crippen LogP contribution in [0.25, 0.3) is 0 Å². The molecule has 1 N–H and O–H groups in total. The van der Waals surface area contributed by atoms with Crippen LogP contribution in [0.5, 0.6) is 0 Å². The first-order valence-electron chi connectivity index (χ1n) is 2.73. The minimum absolute atomic E-state index is 0.0401. The second-order valence-corrected chi connectivity index (χ2v) is 2.04. The third-order valence-electron chi connectivity index (χ3n) is 1.23. The number of ketones is 1. The van der Waals surface area contributed by atoms with Gasteiger partial charge in [-0.2, -0.15) is 0 Å². The number of hydrogen-bond donors (Lipinski definition) is 1. The molecule has 2 atom stereocenters. The van der Waals surface area contributed by atoms with Crippen molar-refractivity contribution in [1.82, 2.24) is 5.32 Å². The minimum atomic E-state index is -1.65. The van der Waals surface area contributed by atoms with Gasteiger partial charge in [-0.1, -0.05) is 0 Å². The van der Waals surface area contributed by atoms with Gasteiger partial charge in [0.2, 0.25) is 0 Å². The van der Waals surface area contributed by atoms with Crippen molar-refractivity contribution in [2.24, 2.45) is 0 Å². The van der Waals surface area contributed by atoms with E-state index in [2.05, 4.69) is 5.32 Å². The first-order valence-corrected chi connectivity index (χ1v) is 2.73. The predicted molar refractivity (Wildman–Crippen MR) is 27.4 cm³/mol. The van der Waals surface area contributed by atoms with E-state index in [0.717, 1.165) is 0 Å². The summed E-state index contributed by atoms with van der Waals surface area (Å²) in [5.74, 6) is -0.267. The minimum Gasteiger partial charge on any atom is -0.298 e. The summed E-state index contributed by atoms with van der Waals surface area (Å²) < 4.78 is 24.3. The number of halogens is 2. The largest absolute Gasteiger partial charge is 0.298 e. The normalized spacial score (nSPS) is 36.9.